The summed E-state index contributed by atoms with van der Waals surface area (Å²) in [6.07, 6.45) is 0. The van der Waals surface area contributed by atoms with Crippen molar-refractivity contribution < 1.29 is 59.1 Å². The van der Waals surface area contributed by atoms with Gasteiger partial charge >= 0.3 is 18.0 Å². The zero-order valence-electron chi connectivity index (χ0n) is 58.2. The van der Waals surface area contributed by atoms with Crippen LogP contribution in [0.2, 0.25) is 0 Å². The molecule has 3 aromatic heterocycles. The molecule has 6 N–H and O–H groups in total. The minimum absolute atomic E-state index is 0.0697. The number of hydrogen-bond donors (Lipinski definition) is 6. The minimum Gasteiger partial charge on any atom is -0.507 e. The van der Waals surface area contributed by atoms with Gasteiger partial charge in [0.15, 0.2) is 34.9 Å². The molecule has 0 aliphatic heterocycles. The molecule has 0 atom stereocenters. The molecule has 21 nitrogen and oxygen atoms in total. The lowest BCUT2D eigenvalue weighted by Crippen LogP contribution is -2.04. The van der Waals surface area contributed by atoms with Crippen LogP contribution in [0.25, 0.3) is 155 Å². The third kappa shape index (κ3) is 13.0. The van der Waals surface area contributed by atoms with Gasteiger partial charge < -0.3 is 59.1 Å². The van der Waals surface area contributed by atoms with Crippen molar-refractivity contribution in [3.8, 4) is 138 Å². The second-order valence-corrected chi connectivity index (χ2v) is 24.5. The van der Waals surface area contributed by atoms with Gasteiger partial charge in [-0.2, -0.15) is 29.9 Å². The van der Waals surface area contributed by atoms with Gasteiger partial charge in [0.25, 0.3) is 0 Å². The fourth-order valence-corrected chi connectivity index (χ4v) is 13.4. The van der Waals surface area contributed by atoms with Crippen LogP contribution in [0.3, 0.4) is 0 Å². The Hall–Kier alpha value is -14.0. The van der Waals surface area contributed by atoms with Crippen LogP contribution in [0.15, 0.2) is 212 Å². The highest BCUT2D eigenvalue weighted by molar-refractivity contribution is 6.25. The summed E-state index contributed by atoms with van der Waals surface area (Å²) in [5.74, 6) is 1.16. The van der Waals surface area contributed by atoms with Gasteiger partial charge in [-0.15, -0.1) is 0 Å². The van der Waals surface area contributed by atoms with E-state index in [1.807, 2.05) is 100 Å². The topological polar surface area (TPSA) is 293 Å². The van der Waals surface area contributed by atoms with Gasteiger partial charge in [0.05, 0.1) is 40.6 Å². The number of methoxy groups -OCH3 is 2. The van der Waals surface area contributed by atoms with E-state index in [1.165, 1.54) is 61.4 Å². The maximum atomic E-state index is 10.8. The van der Waals surface area contributed by atoms with E-state index in [0.717, 1.165) is 92.1 Å². The van der Waals surface area contributed by atoms with Crippen molar-refractivity contribution in [3.05, 3.63) is 212 Å². The number of hydrogen-bond acceptors (Lipinski definition) is 21. The molecule has 0 aliphatic carbocycles. The number of rotatable bonds is 16. The number of phenols is 6. The average Bonchev–Trinajstić information content (AvgIpc) is 0.742. The molecule has 0 fully saturated rings. The number of aromatic nitrogens is 9. The molecular formula is C85H67N9O12. The number of benzene rings is 14. The van der Waals surface area contributed by atoms with Crippen LogP contribution in [0.5, 0.6) is 69.8 Å². The lowest BCUT2D eigenvalue weighted by atomic mass is 9.92. The molecule has 0 spiro atoms. The number of ether oxygens (including phenoxy) is 6. The van der Waals surface area contributed by atoms with Gasteiger partial charge in [-0.1, -0.05) is 146 Å². The van der Waals surface area contributed by atoms with Gasteiger partial charge in [0.2, 0.25) is 0 Å². The van der Waals surface area contributed by atoms with Crippen molar-refractivity contribution in [1.29, 1.82) is 0 Å². The van der Waals surface area contributed by atoms with Gasteiger partial charge in [-0.05, 0) is 144 Å². The van der Waals surface area contributed by atoms with Crippen molar-refractivity contribution in [2.24, 2.45) is 0 Å². The van der Waals surface area contributed by atoms with Crippen LogP contribution in [-0.2, 0) is 0 Å². The largest absolute Gasteiger partial charge is 0.507 e. The maximum Gasteiger partial charge on any atom is 0.320 e. The molecular weight excluding hydrogens is 1340 g/mol. The zero-order chi connectivity index (χ0) is 73.3. The highest BCUT2D eigenvalue weighted by Crippen LogP contribution is 2.46. The average molecular weight is 1410 g/mol. The quantitative estimate of drug-likeness (QED) is 0.0387. The molecule has 0 amide bonds. The van der Waals surface area contributed by atoms with Crippen molar-refractivity contribution in [2.45, 2.75) is 27.7 Å². The fourth-order valence-electron chi connectivity index (χ4n) is 13.4. The first-order valence-corrected chi connectivity index (χ1v) is 34.2. The predicted molar refractivity (Wildman–Crippen MR) is 411 cm³/mol. The lowest BCUT2D eigenvalue weighted by molar-refractivity contribution is 0.312. The minimum atomic E-state index is -0.216. The van der Waals surface area contributed by atoms with E-state index in [4.69, 9.17) is 33.4 Å². The van der Waals surface area contributed by atoms with E-state index < -0.39 is 0 Å². The van der Waals surface area contributed by atoms with Crippen LogP contribution in [0.4, 0.5) is 0 Å². The van der Waals surface area contributed by atoms with Crippen LogP contribution in [0, 0.1) is 0 Å². The first kappa shape index (κ1) is 67.9. The standard InChI is InChI=1S/C31H25N3O4.C27H19N3O4.C27H23N3O4/c1-3-37-19-15-26(35)28(27(36)16-19)30-32-29(33-31(34-30)38-4-2)25-17-24-20-10-6-5-9-18(20)13-14-23(24)21-11-7-8-12-22(21)25;1-33-17-12-20(31)24(21(32)13-17)26-28-25(29-27(30-26)34-2)19-11-9-16-7-6-14-4-3-5-15-8-10-18(19)23(16)22(14)15;1-3-33-21-14-22(31)24(23(32)15-21)26-28-25(29-27(30-26)34-4-2)19-10-9-18-11-16-7-5-6-8-17(16)12-20(18)13-19/h5-17,35-36H,3-4H2,1-2H3;3-13,31-32H,1-2H3;5-15,31-32H,3-4H2,1-2H3. The molecule has 3 heterocycles. The summed E-state index contributed by atoms with van der Waals surface area (Å²) >= 11 is 0. The van der Waals surface area contributed by atoms with Gasteiger partial charge in [-0.3, -0.25) is 0 Å². The second-order valence-electron chi connectivity index (χ2n) is 24.5. The van der Waals surface area contributed by atoms with E-state index in [2.05, 4.69) is 143 Å². The van der Waals surface area contributed by atoms with E-state index in [-0.39, 0.29) is 86.7 Å². The zero-order valence-corrected chi connectivity index (χ0v) is 58.2. The Balaban J connectivity index is 0.000000128. The fraction of sp³-hybridized carbons (Fsp3) is 0.118. The molecule has 21 heteroatoms. The highest BCUT2D eigenvalue weighted by Gasteiger charge is 2.25. The van der Waals surface area contributed by atoms with Crippen LogP contribution < -0.4 is 28.4 Å². The smallest absolute Gasteiger partial charge is 0.320 e. The molecule has 524 valence electrons. The number of aromatic hydroxyl groups is 6. The SMILES string of the molecule is CCOc1cc(O)c(-c2nc(OCC)nc(-c3cc4c5ccccc5ccc4c4ccccc34)n2)c(O)c1.CCOc1cc(O)c(-c2nc(OCC)nc(-c3ccc4cc5ccccc5cc4c3)n2)c(O)c1.COc1cc(O)c(-c2nc(OC)nc(-c3ccc4ccc5cccc6ccc3c4c56)n2)c(O)c1. The van der Waals surface area contributed by atoms with Crippen LogP contribution in [0.1, 0.15) is 27.7 Å². The van der Waals surface area contributed by atoms with Gasteiger partial charge in [0, 0.05) is 53.1 Å². The second kappa shape index (κ2) is 28.8. The molecule has 0 unspecified atom stereocenters. The molecule has 0 radical (unpaired) electrons. The molecule has 0 bridgehead atoms. The third-order valence-corrected chi connectivity index (χ3v) is 18.1. The Bertz CT molecular complexity index is 6180. The molecule has 0 saturated carbocycles. The van der Waals surface area contributed by atoms with Gasteiger partial charge in [0.1, 0.15) is 68.4 Å². The summed E-state index contributed by atoms with van der Waals surface area (Å²) in [5.41, 5.74) is 2.57. The number of phenolic OH excluding ortho intramolecular Hbond substituents is 6. The van der Waals surface area contributed by atoms with Crippen molar-refractivity contribution in [3.63, 3.8) is 0 Å². The lowest BCUT2D eigenvalue weighted by Gasteiger charge is -2.14. The summed E-state index contributed by atoms with van der Waals surface area (Å²) in [6.45, 7) is 8.81. The van der Waals surface area contributed by atoms with Crippen molar-refractivity contribution in [2.75, 3.05) is 40.6 Å². The monoisotopic (exact) mass is 1410 g/mol. The maximum absolute atomic E-state index is 10.8. The normalized spacial score (nSPS) is 11.3. The Kier molecular flexibility index (Phi) is 18.4. The highest BCUT2D eigenvalue weighted by atomic mass is 16.5. The molecule has 0 saturated heterocycles. The molecule has 14 aromatic carbocycles. The molecule has 17 aromatic rings. The summed E-state index contributed by atoms with van der Waals surface area (Å²) < 4.78 is 32.5. The molecule has 106 heavy (non-hydrogen) atoms. The molecule has 0 aliphatic rings. The Morgan fingerprint density at radius 1 is 0.255 bits per heavy atom. The van der Waals surface area contributed by atoms with Crippen LogP contribution in [-0.4, -0.2) is 116 Å². The Morgan fingerprint density at radius 3 is 1.22 bits per heavy atom. The van der Waals surface area contributed by atoms with Crippen molar-refractivity contribution >= 4 is 86.2 Å². The van der Waals surface area contributed by atoms with E-state index in [9.17, 15) is 30.6 Å². The van der Waals surface area contributed by atoms with Gasteiger partial charge in [-0.25, -0.2) is 15.0 Å². The molecule has 17 rings (SSSR count). The van der Waals surface area contributed by atoms with E-state index >= 15 is 0 Å². The van der Waals surface area contributed by atoms with E-state index in [0.29, 0.717) is 61.1 Å². The van der Waals surface area contributed by atoms with Crippen molar-refractivity contribution in [1.82, 2.24) is 44.9 Å². The summed E-state index contributed by atoms with van der Waals surface area (Å²) in [7, 11) is 2.91. The first-order chi connectivity index (χ1) is 51.7. The van der Waals surface area contributed by atoms with E-state index in [1.54, 1.807) is 0 Å². The summed E-state index contributed by atoms with van der Waals surface area (Å²) in [5, 5.41) is 81.6. The van der Waals surface area contributed by atoms with Crippen LogP contribution >= 0.6 is 0 Å². The Morgan fingerprint density at radius 2 is 0.651 bits per heavy atom. The summed E-state index contributed by atoms with van der Waals surface area (Å²) in [4.78, 5) is 40.5. The predicted octanol–water partition coefficient (Wildman–Crippen LogP) is 18.1. The summed E-state index contributed by atoms with van der Waals surface area (Å²) in [6, 6.07) is 68.6. The number of nitrogens with zero attached hydrogens (tertiary/aromatic N) is 9. The first-order valence-electron chi connectivity index (χ1n) is 34.2. The third-order valence-electron chi connectivity index (χ3n) is 18.1. The number of fused-ring (bicyclic) bond motifs is 7. The Labute approximate surface area is 605 Å².